The van der Waals surface area contributed by atoms with Gasteiger partial charge in [0.1, 0.15) is 0 Å². The molecule has 2 aliphatic carbocycles. The highest BCUT2D eigenvalue weighted by Crippen LogP contribution is 2.28. The van der Waals surface area contributed by atoms with E-state index in [-0.39, 0.29) is 29.8 Å². The zero-order valence-electron chi connectivity index (χ0n) is 17.7. The monoisotopic (exact) mass is 379 g/mol. The van der Waals surface area contributed by atoms with Crippen molar-refractivity contribution in [3.05, 3.63) is 0 Å². The third-order valence-corrected chi connectivity index (χ3v) is 6.67. The molecule has 1 unspecified atom stereocenters. The van der Waals surface area contributed by atoms with Gasteiger partial charge >= 0.3 is 0 Å². The average molecular weight is 380 g/mol. The first-order chi connectivity index (χ1) is 12.9. The molecule has 3 N–H and O–H groups in total. The molecule has 0 aromatic rings. The van der Waals surface area contributed by atoms with Crippen molar-refractivity contribution in [3.8, 4) is 0 Å². The summed E-state index contributed by atoms with van der Waals surface area (Å²) >= 11 is 0. The Labute approximate surface area is 165 Å². The average Bonchev–Trinajstić information content (AvgIpc) is 2.66. The molecular formula is C22H41N3O2. The summed E-state index contributed by atoms with van der Waals surface area (Å²) in [5, 5.41) is 3.23. The maximum Gasteiger partial charge on any atom is 0.225 e. The summed E-state index contributed by atoms with van der Waals surface area (Å²) in [5.41, 5.74) is 6.10. The molecule has 5 nitrogen and oxygen atoms in total. The van der Waals surface area contributed by atoms with Crippen molar-refractivity contribution in [1.82, 2.24) is 10.2 Å². The van der Waals surface area contributed by atoms with Gasteiger partial charge in [-0.3, -0.25) is 9.59 Å². The van der Waals surface area contributed by atoms with Crippen LogP contribution in [0.4, 0.5) is 0 Å². The number of carbonyl (C=O) groups excluding carboxylic acids is 2. The summed E-state index contributed by atoms with van der Waals surface area (Å²) in [5.74, 6) is 1.61. The van der Waals surface area contributed by atoms with Crippen molar-refractivity contribution in [2.45, 2.75) is 96.6 Å². The van der Waals surface area contributed by atoms with Gasteiger partial charge in [0.25, 0.3) is 0 Å². The lowest BCUT2D eigenvalue weighted by Gasteiger charge is -2.32. The van der Waals surface area contributed by atoms with Gasteiger partial charge in [-0.05, 0) is 56.8 Å². The van der Waals surface area contributed by atoms with Crippen LogP contribution in [-0.4, -0.2) is 42.4 Å². The second kappa shape index (κ2) is 11.0. The molecule has 0 aromatic heterocycles. The van der Waals surface area contributed by atoms with Crippen molar-refractivity contribution in [1.29, 1.82) is 0 Å². The molecule has 0 heterocycles. The van der Waals surface area contributed by atoms with Gasteiger partial charge in [-0.2, -0.15) is 0 Å². The van der Waals surface area contributed by atoms with Gasteiger partial charge in [-0.1, -0.05) is 33.1 Å². The Hall–Kier alpha value is -1.10. The molecule has 2 saturated carbocycles. The first-order valence-electron chi connectivity index (χ1n) is 11.2. The Kier molecular flexibility index (Phi) is 9.07. The summed E-state index contributed by atoms with van der Waals surface area (Å²) in [4.78, 5) is 26.8. The molecule has 2 amide bonds. The first kappa shape index (κ1) is 22.2. The molecule has 0 aromatic carbocycles. The fourth-order valence-corrected chi connectivity index (χ4v) is 4.52. The Morgan fingerprint density at radius 3 is 2.26 bits per heavy atom. The number of nitrogens with zero attached hydrogens (tertiary/aromatic N) is 1. The Balaban J connectivity index is 1.66. The van der Waals surface area contributed by atoms with Crippen LogP contribution in [0.3, 0.4) is 0 Å². The van der Waals surface area contributed by atoms with E-state index in [0.717, 1.165) is 38.6 Å². The van der Waals surface area contributed by atoms with Gasteiger partial charge in [-0.25, -0.2) is 0 Å². The van der Waals surface area contributed by atoms with E-state index in [9.17, 15) is 9.59 Å². The second-order valence-corrected chi connectivity index (χ2v) is 9.28. The largest absolute Gasteiger partial charge is 0.353 e. The molecule has 156 valence electrons. The van der Waals surface area contributed by atoms with Gasteiger partial charge < -0.3 is 16.0 Å². The van der Waals surface area contributed by atoms with Crippen LogP contribution in [-0.2, 0) is 9.59 Å². The van der Waals surface area contributed by atoms with E-state index in [2.05, 4.69) is 19.2 Å². The molecule has 2 rings (SSSR count). The van der Waals surface area contributed by atoms with Gasteiger partial charge in [0, 0.05) is 38.0 Å². The lowest BCUT2D eigenvalue weighted by atomic mass is 9.84. The quantitative estimate of drug-likeness (QED) is 0.678. The summed E-state index contributed by atoms with van der Waals surface area (Å²) in [6.45, 7) is 4.98. The molecule has 0 radical (unpaired) electrons. The number of rotatable bonds is 8. The number of amides is 2. The van der Waals surface area contributed by atoms with Crippen molar-refractivity contribution in [2.24, 2.45) is 23.5 Å². The SMILES string of the molecule is CC(C)C(N)CCN(C)C(=O)C1CCC(NC(=O)CC2CCCCC2)CC1. The molecule has 0 saturated heterocycles. The third-order valence-electron chi connectivity index (χ3n) is 6.67. The van der Waals surface area contributed by atoms with Crippen molar-refractivity contribution >= 4 is 11.8 Å². The molecule has 0 bridgehead atoms. The summed E-state index contributed by atoms with van der Waals surface area (Å²) in [6.07, 6.45) is 11.5. The van der Waals surface area contributed by atoms with Crippen LogP contribution in [0.5, 0.6) is 0 Å². The minimum absolute atomic E-state index is 0.108. The molecule has 1 atom stereocenters. The van der Waals surface area contributed by atoms with Crippen LogP contribution < -0.4 is 11.1 Å². The number of carbonyl (C=O) groups is 2. The lowest BCUT2D eigenvalue weighted by molar-refractivity contribution is -0.135. The van der Waals surface area contributed by atoms with Crippen LogP contribution in [0.25, 0.3) is 0 Å². The molecule has 0 spiro atoms. The topological polar surface area (TPSA) is 75.4 Å². The zero-order chi connectivity index (χ0) is 19.8. The Morgan fingerprint density at radius 1 is 1.04 bits per heavy atom. The summed E-state index contributed by atoms with van der Waals surface area (Å²) in [7, 11) is 1.90. The van der Waals surface area contributed by atoms with Crippen LogP contribution in [0.15, 0.2) is 0 Å². The second-order valence-electron chi connectivity index (χ2n) is 9.28. The highest BCUT2D eigenvalue weighted by atomic mass is 16.2. The van der Waals surface area contributed by atoms with Gasteiger partial charge in [0.15, 0.2) is 0 Å². The Morgan fingerprint density at radius 2 is 1.67 bits per heavy atom. The predicted octanol–water partition coefficient (Wildman–Crippen LogP) is 3.46. The number of hydrogen-bond acceptors (Lipinski definition) is 3. The standard InChI is InChI=1S/C22H41N3O2/c1-16(2)20(23)13-14-25(3)22(27)18-9-11-19(12-10-18)24-21(26)15-17-7-5-4-6-8-17/h16-20H,4-15,23H2,1-3H3,(H,24,26). The van der Waals surface area contributed by atoms with Crippen LogP contribution in [0, 0.1) is 17.8 Å². The smallest absolute Gasteiger partial charge is 0.225 e. The van der Waals surface area contributed by atoms with E-state index in [4.69, 9.17) is 5.73 Å². The van der Waals surface area contributed by atoms with E-state index >= 15 is 0 Å². The van der Waals surface area contributed by atoms with Crippen molar-refractivity contribution < 1.29 is 9.59 Å². The highest BCUT2D eigenvalue weighted by molar-refractivity contribution is 5.79. The maximum atomic E-state index is 12.7. The minimum Gasteiger partial charge on any atom is -0.353 e. The Bertz CT molecular complexity index is 466. The minimum atomic E-state index is 0.108. The van der Waals surface area contributed by atoms with E-state index < -0.39 is 0 Å². The molecule has 2 fully saturated rings. The fourth-order valence-electron chi connectivity index (χ4n) is 4.52. The molecule has 5 heteroatoms. The normalized spacial score (nSPS) is 25.2. The fraction of sp³-hybridized carbons (Fsp3) is 0.909. The highest BCUT2D eigenvalue weighted by Gasteiger charge is 2.29. The van der Waals surface area contributed by atoms with Crippen LogP contribution in [0.2, 0.25) is 0 Å². The van der Waals surface area contributed by atoms with Gasteiger partial charge in [-0.15, -0.1) is 0 Å². The van der Waals surface area contributed by atoms with Gasteiger partial charge in [0.05, 0.1) is 0 Å². The van der Waals surface area contributed by atoms with Crippen molar-refractivity contribution in [2.75, 3.05) is 13.6 Å². The van der Waals surface area contributed by atoms with E-state index in [0.29, 0.717) is 18.3 Å². The lowest BCUT2D eigenvalue weighted by Crippen LogP contribution is -2.42. The molecule has 27 heavy (non-hydrogen) atoms. The van der Waals surface area contributed by atoms with E-state index in [1.165, 1.54) is 32.1 Å². The molecule has 2 aliphatic rings. The summed E-state index contributed by atoms with van der Waals surface area (Å²) in [6, 6.07) is 0.403. The maximum absolute atomic E-state index is 12.7. The predicted molar refractivity (Wildman–Crippen MR) is 110 cm³/mol. The molecule has 0 aliphatic heterocycles. The first-order valence-corrected chi connectivity index (χ1v) is 11.2. The van der Waals surface area contributed by atoms with E-state index in [1.54, 1.807) is 0 Å². The van der Waals surface area contributed by atoms with Crippen LogP contribution >= 0.6 is 0 Å². The van der Waals surface area contributed by atoms with E-state index in [1.807, 2.05) is 11.9 Å². The number of nitrogens with two attached hydrogens (primary N) is 1. The van der Waals surface area contributed by atoms with Crippen LogP contribution in [0.1, 0.15) is 84.5 Å². The third kappa shape index (κ3) is 7.44. The van der Waals surface area contributed by atoms with Crippen molar-refractivity contribution in [3.63, 3.8) is 0 Å². The number of nitrogens with one attached hydrogen (secondary N) is 1. The zero-order valence-corrected chi connectivity index (χ0v) is 17.7. The summed E-state index contributed by atoms with van der Waals surface area (Å²) < 4.78 is 0. The molecular weight excluding hydrogens is 338 g/mol. The number of hydrogen-bond donors (Lipinski definition) is 2. The van der Waals surface area contributed by atoms with Gasteiger partial charge in [0.2, 0.25) is 11.8 Å².